The van der Waals surface area contributed by atoms with Crippen LogP contribution >= 0.6 is 0 Å². The van der Waals surface area contributed by atoms with Gasteiger partial charge in [-0.1, -0.05) is 60.7 Å². The van der Waals surface area contributed by atoms with Crippen molar-refractivity contribution in [2.75, 3.05) is 6.54 Å². The minimum Gasteiger partial charge on any atom is -0.342 e. The second-order valence-electron chi connectivity index (χ2n) is 6.89. The molecule has 0 unspecified atom stereocenters. The first-order valence-corrected chi connectivity index (χ1v) is 9.75. The summed E-state index contributed by atoms with van der Waals surface area (Å²) in [5, 5.41) is 7.03. The summed E-state index contributed by atoms with van der Waals surface area (Å²) in [6, 6.07) is 21.4. The van der Waals surface area contributed by atoms with Crippen molar-refractivity contribution in [3.63, 3.8) is 0 Å². The molecule has 6 heteroatoms. The van der Waals surface area contributed by atoms with E-state index in [2.05, 4.69) is 10.4 Å². The van der Waals surface area contributed by atoms with Crippen LogP contribution in [0, 0.1) is 6.92 Å². The molecule has 0 atom stereocenters. The van der Waals surface area contributed by atoms with Gasteiger partial charge in [-0.3, -0.25) is 14.3 Å². The smallest absolute Gasteiger partial charge is 0.269 e. The summed E-state index contributed by atoms with van der Waals surface area (Å²) in [6.07, 6.45) is 0. The molecule has 1 heterocycles. The van der Waals surface area contributed by atoms with Gasteiger partial charge in [-0.15, -0.1) is 0 Å². The van der Waals surface area contributed by atoms with E-state index in [0.717, 1.165) is 16.8 Å². The molecule has 6 nitrogen and oxygen atoms in total. The van der Waals surface area contributed by atoms with Crippen molar-refractivity contribution in [2.24, 2.45) is 0 Å². The SMILES string of the molecule is CCn1nc(C)cc1C(=O)NCC(=O)N(Cc1ccccc1)Cc1ccccc1. The van der Waals surface area contributed by atoms with E-state index in [1.165, 1.54) is 0 Å². The predicted octanol–water partition coefficient (Wildman–Crippen LogP) is 3.17. The molecule has 2 aromatic carbocycles. The Morgan fingerprint density at radius 3 is 2.03 bits per heavy atom. The Hall–Kier alpha value is -3.41. The fourth-order valence-corrected chi connectivity index (χ4v) is 3.17. The monoisotopic (exact) mass is 390 g/mol. The second-order valence-corrected chi connectivity index (χ2v) is 6.89. The summed E-state index contributed by atoms with van der Waals surface area (Å²) in [7, 11) is 0. The van der Waals surface area contributed by atoms with Crippen molar-refractivity contribution in [2.45, 2.75) is 33.5 Å². The largest absolute Gasteiger partial charge is 0.342 e. The Morgan fingerprint density at radius 2 is 1.52 bits per heavy atom. The number of amides is 2. The van der Waals surface area contributed by atoms with Gasteiger partial charge in [-0.2, -0.15) is 5.10 Å². The van der Waals surface area contributed by atoms with Crippen LogP contribution < -0.4 is 5.32 Å². The molecular weight excluding hydrogens is 364 g/mol. The number of carbonyl (C=O) groups excluding carboxylic acids is 2. The van der Waals surface area contributed by atoms with Crippen molar-refractivity contribution >= 4 is 11.8 Å². The zero-order valence-electron chi connectivity index (χ0n) is 16.8. The van der Waals surface area contributed by atoms with E-state index in [4.69, 9.17) is 0 Å². The van der Waals surface area contributed by atoms with Crippen molar-refractivity contribution < 1.29 is 9.59 Å². The van der Waals surface area contributed by atoms with Crippen LogP contribution in [0.15, 0.2) is 66.7 Å². The lowest BCUT2D eigenvalue weighted by molar-refractivity contribution is -0.131. The topological polar surface area (TPSA) is 67.2 Å². The van der Waals surface area contributed by atoms with Gasteiger partial charge in [0.1, 0.15) is 5.69 Å². The Kier molecular flexibility index (Phi) is 6.79. The predicted molar refractivity (Wildman–Crippen MR) is 112 cm³/mol. The molecule has 3 aromatic rings. The number of benzene rings is 2. The number of carbonyl (C=O) groups is 2. The van der Waals surface area contributed by atoms with Crippen LogP contribution in [0.5, 0.6) is 0 Å². The number of rotatable bonds is 8. The molecule has 0 radical (unpaired) electrons. The maximum absolute atomic E-state index is 12.9. The summed E-state index contributed by atoms with van der Waals surface area (Å²) in [4.78, 5) is 27.2. The van der Waals surface area contributed by atoms with Crippen LogP contribution in [-0.4, -0.2) is 33.0 Å². The van der Waals surface area contributed by atoms with E-state index in [1.54, 1.807) is 15.6 Å². The Bertz CT molecular complexity index is 910. The Balaban J connectivity index is 1.69. The molecule has 3 rings (SSSR count). The maximum Gasteiger partial charge on any atom is 0.269 e. The summed E-state index contributed by atoms with van der Waals surface area (Å²) in [6.45, 7) is 5.27. The molecule has 1 aromatic heterocycles. The lowest BCUT2D eigenvalue weighted by Gasteiger charge is -2.23. The third-order valence-electron chi connectivity index (χ3n) is 4.62. The molecule has 0 aliphatic carbocycles. The van der Waals surface area contributed by atoms with Crippen molar-refractivity contribution in [3.05, 3.63) is 89.2 Å². The van der Waals surface area contributed by atoms with Crippen LogP contribution in [0.1, 0.15) is 34.2 Å². The molecule has 1 N–H and O–H groups in total. The first-order chi connectivity index (χ1) is 14.1. The fourth-order valence-electron chi connectivity index (χ4n) is 3.17. The quantitative estimate of drug-likeness (QED) is 0.642. The fraction of sp³-hybridized carbons (Fsp3) is 0.261. The minimum absolute atomic E-state index is 0.0631. The van der Waals surface area contributed by atoms with Crippen molar-refractivity contribution in [1.29, 1.82) is 0 Å². The van der Waals surface area contributed by atoms with Gasteiger partial charge in [0.15, 0.2) is 0 Å². The molecule has 2 amide bonds. The average Bonchev–Trinajstić information content (AvgIpc) is 3.13. The van der Waals surface area contributed by atoms with Crippen LogP contribution in [-0.2, 0) is 24.4 Å². The lowest BCUT2D eigenvalue weighted by Crippen LogP contribution is -2.40. The Morgan fingerprint density at radius 1 is 0.966 bits per heavy atom. The van der Waals surface area contributed by atoms with Crippen molar-refractivity contribution in [3.8, 4) is 0 Å². The molecule has 29 heavy (non-hydrogen) atoms. The van der Waals surface area contributed by atoms with Gasteiger partial charge in [0.05, 0.1) is 12.2 Å². The Labute approximate surface area is 171 Å². The first kappa shape index (κ1) is 20.3. The number of hydrogen-bond donors (Lipinski definition) is 1. The normalized spacial score (nSPS) is 10.6. The van der Waals surface area contributed by atoms with E-state index < -0.39 is 0 Å². The number of nitrogens with one attached hydrogen (secondary N) is 1. The van der Waals surface area contributed by atoms with Gasteiger partial charge in [0, 0.05) is 19.6 Å². The van der Waals surface area contributed by atoms with E-state index in [0.29, 0.717) is 25.3 Å². The third kappa shape index (κ3) is 5.54. The van der Waals surface area contributed by atoms with Gasteiger partial charge < -0.3 is 10.2 Å². The maximum atomic E-state index is 12.9. The highest BCUT2D eigenvalue weighted by atomic mass is 16.2. The molecule has 0 saturated carbocycles. The zero-order valence-corrected chi connectivity index (χ0v) is 16.8. The molecule has 0 fully saturated rings. The molecular formula is C23H26N4O2. The highest BCUT2D eigenvalue weighted by Crippen LogP contribution is 2.11. The molecule has 0 aliphatic rings. The van der Waals surface area contributed by atoms with Crippen molar-refractivity contribution in [1.82, 2.24) is 20.0 Å². The average molecular weight is 390 g/mol. The van der Waals surface area contributed by atoms with E-state index in [-0.39, 0.29) is 18.4 Å². The highest BCUT2D eigenvalue weighted by Gasteiger charge is 2.18. The summed E-state index contributed by atoms with van der Waals surface area (Å²) < 4.78 is 1.64. The van der Waals surface area contributed by atoms with Gasteiger partial charge in [0.25, 0.3) is 5.91 Å². The number of aryl methyl sites for hydroxylation is 2. The van der Waals surface area contributed by atoms with Crippen LogP contribution in [0.3, 0.4) is 0 Å². The lowest BCUT2D eigenvalue weighted by atomic mass is 10.1. The third-order valence-corrected chi connectivity index (χ3v) is 4.62. The molecule has 0 saturated heterocycles. The van der Waals surface area contributed by atoms with E-state index in [1.807, 2.05) is 74.5 Å². The van der Waals surface area contributed by atoms with Gasteiger partial charge in [0.2, 0.25) is 5.91 Å². The molecule has 0 spiro atoms. The number of aromatic nitrogens is 2. The molecule has 0 aliphatic heterocycles. The van der Waals surface area contributed by atoms with Crippen LogP contribution in [0.4, 0.5) is 0 Å². The van der Waals surface area contributed by atoms with Gasteiger partial charge >= 0.3 is 0 Å². The van der Waals surface area contributed by atoms with E-state index in [9.17, 15) is 9.59 Å². The zero-order chi connectivity index (χ0) is 20.6. The minimum atomic E-state index is -0.292. The van der Waals surface area contributed by atoms with Crippen LogP contribution in [0.2, 0.25) is 0 Å². The van der Waals surface area contributed by atoms with E-state index >= 15 is 0 Å². The highest BCUT2D eigenvalue weighted by molar-refractivity contribution is 5.95. The van der Waals surface area contributed by atoms with Gasteiger partial charge in [-0.05, 0) is 31.0 Å². The number of hydrogen-bond acceptors (Lipinski definition) is 3. The van der Waals surface area contributed by atoms with Gasteiger partial charge in [-0.25, -0.2) is 0 Å². The number of nitrogens with zero attached hydrogens (tertiary/aromatic N) is 3. The first-order valence-electron chi connectivity index (χ1n) is 9.75. The summed E-state index contributed by atoms with van der Waals surface area (Å²) in [5.74, 6) is -0.425. The summed E-state index contributed by atoms with van der Waals surface area (Å²) >= 11 is 0. The molecule has 150 valence electrons. The molecule has 0 bridgehead atoms. The second kappa shape index (κ2) is 9.68. The van der Waals surface area contributed by atoms with Crippen LogP contribution in [0.25, 0.3) is 0 Å². The summed E-state index contributed by atoms with van der Waals surface area (Å²) in [5.41, 5.74) is 3.33. The standard InChI is InChI=1S/C23H26N4O2/c1-3-27-21(14-18(2)25-27)23(29)24-15-22(28)26(16-19-10-6-4-7-11-19)17-20-12-8-5-9-13-20/h4-14H,3,15-17H2,1-2H3,(H,24,29).